The number of carbonyl (C=O) groups excluding carboxylic acids is 1. The second-order valence-corrected chi connectivity index (χ2v) is 6.66. The van der Waals surface area contributed by atoms with E-state index in [0.717, 1.165) is 16.9 Å². The van der Waals surface area contributed by atoms with Crippen molar-refractivity contribution in [2.75, 3.05) is 13.2 Å². The van der Waals surface area contributed by atoms with Crippen molar-refractivity contribution in [1.29, 1.82) is 0 Å². The molecule has 2 unspecified atom stereocenters. The molecule has 136 valence electrons. The minimum absolute atomic E-state index is 0.0251. The predicted octanol–water partition coefficient (Wildman–Crippen LogP) is 3.91. The number of hydrogen-bond donors (Lipinski definition) is 0. The lowest BCUT2D eigenvalue weighted by atomic mass is 10.1. The van der Waals surface area contributed by atoms with Crippen LogP contribution in [0, 0.1) is 0 Å². The SMILES string of the molecule is CC1CN(C(=O)C=Cc2ccc(OCc3ccccc3)cc2)C(C)CO1. The van der Waals surface area contributed by atoms with Gasteiger partial charge >= 0.3 is 0 Å². The molecule has 0 aromatic heterocycles. The van der Waals surface area contributed by atoms with Gasteiger partial charge in [0.1, 0.15) is 12.4 Å². The van der Waals surface area contributed by atoms with E-state index < -0.39 is 0 Å². The Balaban J connectivity index is 1.55. The fourth-order valence-electron chi connectivity index (χ4n) is 2.89. The minimum Gasteiger partial charge on any atom is -0.489 e. The molecule has 3 rings (SSSR count). The van der Waals surface area contributed by atoms with E-state index >= 15 is 0 Å². The summed E-state index contributed by atoms with van der Waals surface area (Å²) in [5.74, 6) is 0.838. The molecule has 1 aliphatic rings. The van der Waals surface area contributed by atoms with E-state index in [1.807, 2.05) is 79.4 Å². The number of hydrogen-bond acceptors (Lipinski definition) is 3. The lowest BCUT2D eigenvalue weighted by Crippen LogP contribution is -2.49. The van der Waals surface area contributed by atoms with Crippen LogP contribution in [0.5, 0.6) is 5.75 Å². The van der Waals surface area contributed by atoms with E-state index in [-0.39, 0.29) is 18.1 Å². The summed E-state index contributed by atoms with van der Waals surface area (Å²) >= 11 is 0. The van der Waals surface area contributed by atoms with Gasteiger partial charge in [-0.2, -0.15) is 0 Å². The van der Waals surface area contributed by atoms with Gasteiger partial charge < -0.3 is 14.4 Å². The molecule has 4 heteroatoms. The van der Waals surface area contributed by atoms with Crippen molar-refractivity contribution < 1.29 is 14.3 Å². The first-order valence-electron chi connectivity index (χ1n) is 8.99. The van der Waals surface area contributed by atoms with Crippen LogP contribution in [0.1, 0.15) is 25.0 Å². The van der Waals surface area contributed by atoms with Gasteiger partial charge in [-0.1, -0.05) is 42.5 Å². The lowest BCUT2D eigenvalue weighted by molar-refractivity contribution is -0.137. The van der Waals surface area contributed by atoms with Crippen molar-refractivity contribution >= 4 is 12.0 Å². The Kier molecular flexibility index (Phi) is 6.08. The summed E-state index contributed by atoms with van der Waals surface area (Å²) in [4.78, 5) is 14.3. The highest BCUT2D eigenvalue weighted by molar-refractivity contribution is 5.92. The van der Waals surface area contributed by atoms with Crippen molar-refractivity contribution in [3.05, 3.63) is 71.8 Å². The number of nitrogens with zero attached hydrogens (tertiary/aromatic N) is 1. The zero-order chi connectivity index (χ0) is 18.4. The maximum atomic E-state index is 12.4. The average Bonchev–Trinajstić information content (AvgIpc) is 2.68. The molecule has 1 amide bonds. The van der Waals surface area contributed by atoms with Gasteiger partial charge in [0.15, 0.2) is 0 Å². The van der Waals surface area contributed by atoms with Crippen LogP contribution in [-0.2, 0) is 16.1 Å². The number of rotatable bonds is 5. The highest BCUT2D eigenvalue weighted by Crippen LogP contribution is 2.16. The molecule has 0 aliphatic carbocycles. The number of ether oxygens (including phenoxy) is 2. The first-order valence-corrected chi connectivity index (χ1v) is 8.99. The molecule has 26 heavy (non-hydrogen) atoms. The van der Waals surface area contributed by atoms with Gasteiger partial charge in [-0.25, -0.2) is 0 Å². The van der Waals surface area contributed by atoms with Gasteiger partial charge in [0, 0.05) is 12.6 Å². The highest BCUT2D eigenvalue weighted by Gasteiger charge is 2.25. The second-order valence-electron chi connectivity index (χ2n) is 6.66. The molecule has 1 heterocycles. The van der Waals surface area contributed by atoms with Crippen LogP contribution < -0.4 is 4.74 Å². The van der Waals surface area contributed by atoms with E-state index in [1.165, 1.54) is 0 Å². The quantitative estimate of drug-likeness (QED) is 0.767. The van der Waals surface area contributed by atoms with Gasteiger partial charge in [-0.15, -0.1) is 0 Å². The molecule has 0 spiro atoms. The van der Waals surface area contributed by atoms with Crippen LogP contribution in [-0.4, -0.2) is 36.1 Å². The van der Waals surface area contributed by atoms with E-state index in [0.29, 0.717) is 19.8 Å². The Morgan fingerprint density at radius 1 is 1.15 bits per heavy atom. The molecule has 1 fully saturated rings. The van der Waals surface area contributed by atoms with Crippen LogP contribution in [0.3, 0.4) is 0 Å². The van der Waals surface area contributed by atoms with Crippen molar-refractivity contribution in [2.45, 2.75) is 32.6 Å². The summed E-state index contributed by atoms with van der Waals surface area (Å²) in [6.45, 7) is 5.77. The Hall–Kier alpha value is -2.59. The monoisotopic (exact) mass is 351 g/mol. The van der Waals surface area contributed by atoms with Gasteiger partial charge in [0.2, 0.25) is 5.91 Å². The maximum absolute atomic E-state index is 12.4. The van der Waals surface area contributed by atoms with E-state index in [2.05, 4.69) is 0 Å². The fourth-order valence-corrected chi connectivity index (χ4v) is 2.89. The van der Waals surface area contributed by atoms with Gasteiger partial charge in [-0.05, 0) is 43.2 Å². The normalized spacial score (nSPS) is 20.3. The molecule has 1 saturated heterocycles. The van der Waals surface area contributed by atoms with E-state index in [1.54, 1.807) is 6.08 Å². The van der Waals surface area contributed by atoms with Crippen LogP contribution in [0.4, 0.5) is 0 Å². The first kappa shape index (κ1) is 18.2. The minimum atomic E-state index is 0.0251. The molecule has 2 atom stereocenters. The zero-order valence-electron chi connectivity index (χ0n) is 15.3. The summed E-state index contributed by atoms with van der Waals surface area (Å²) in [5.41, 5.74) is 2.11. The third kappa shape index (κ3) is 4.96. The predicted molar refractivity (Wildman–Crippen MR) is 103 cm³/mol. The maximum Gasteiger partial charge on any atom is 0.246 e. The largest absolute Gasteiger partial charge is 0.489 e. The Labute approximate surface area is 155 Å². The van der Waals surface area contributed by atoms with Crippen LogP contribution in [0.15, 0.2) is 60.7 Å². The third-order valence-corrected chi connectivity index (χ3v) is 4.44. The van der Waals surface area contributed by atoms with Crippen LogP contribution >= 0.6 is 0 Å². The van der Waals surface area contributed by atoms with E-state index in [4.69, 9.17) is 9.47 Å². The zero-order valence-corrected chi connectivity index (χ0v) is 15.3. The Bertz CT molecular complexity index is 740. The second kappa shape index (κ2) is 8.68. The highest BCUT2D eigenvalue weighted by atomic mass is 16.5. The molecular formula is C22H25NO3. The first-order chi connectivity index (χ1) is 12.6. The van der Waals surface area contributed by atoms with Crippen LogP contribution in [0.2, 0.25) is 0 Å². The van der Waals surface area contributed by atoms with Crippen LogP contribution in [0.25, 0.3) is 6.08 Å². The average molecular weight is 351 g/mol. The Morgan fingerprint density at radius 3 is 2.62 bits per heavy atom. The third-order valence-electron chi connectivity index (χ3n) is 4.44. The molecule has 0 N–H and O–H groups in total. The molecule has 1 aliphatic heterocycles. The molecule has 0 radical (unpaired) electrons. The van der Waals surface area contributed by atoms with Crippen molar-refractivity contribution in [3.8, 4) is 5.75 Å². The number of amides is 1. The number of benzene rings is 2. The lowest BCUT2D eigenvalue weighted by Gasteiger charge is -2.36. The standard InChI is InChI=1S/C22H25NO3/c1-17-15-25-18(2)14-23(17)22(24)13-10-19-8-11-21(12-9-19)26-16-20-6-4-3-5-7-20/h3-13,17-18H,14-16H2,1-2H3. The summed E-state index contributed by atoms with van der Waals surface area (Å²) in [6, 6.07) is 17.9. The van der Waals surface area contributed by atoms with Gasteiger partial charge in [-0.3, -0.25) is 4.79 Å². The summed E-state index contributed by atoms with van der Waals surface area (Å²) < 4.78 is 11.3. The van der Waals surface area contributed by atoms with Crippen molar-refractivity contribution in [1.82, 2.24) is 4.90 Å². The molecule has 2 aromatic carbocycles. The van der Waals surface area contributed by atoms with Crippen molar-refractivity contribution in [3.63, 3.8) is 0 Å². The van der Waals surface area contributed by atoms with Gasteiger partial charge in [0.25, 0.3) is 0 Å². The molecule has 4 nitrogen and oxygen atoms in total. The van der Waals surface area contributed by atoms with Gasteiger partial charge in [0.05, 0.1) is 18.8 Å². The Morgan fingerprint density at radius 2 is 1.88 bits per heavy atom. The molecule has 2 aromatic rings. The number of carbonyl (C=O) groups is 1. The summed E-state index contributed by atoms with van der Waals surface area (Å²) in [6.07, 6.45) is 3.56. The molecule has 0 bridgehead atoms. The summed E-state index contributed by atoms with van der Waals surface area (Å²) in [7, 11) is 0. The summed E-state index contributed by atoms with van der Waals surface area (Å²) in [5, 5.41) is 0. The molecule has 0 saturated carbocycles. The van der Waals surface area contributed by atoms with E-state index in [9.17, 15) is 4.79 Å². The number of morpholine rings is 1. The molecular weight excluding hydrogens is 326 g/mol. The smallest absolute Gasteiger partial charge is 0.246 e. The topological polar surface area (TPSA) is 38.8 Å². The fraction of sp³-hybridized carbons (Fsp3) is 0.318. The van der Waals surface area contributed by atoms with Crippen molar-refractivity contribution in [2.24, 2.45) is 0 Å².